The molecule has 0 aromatic carbocycles. The number of hydrogen-bond acceptors (Lipinski definition) is 3. The average Bonchev–Trinajstić information content (AvgIpc) is 2.61. The predicted octanol–water partition coefficient (Wildman–Crippen LogP) is 3.93. The first-order chi connectivity index (χ1) is 8.43. The van der Waals surface area contributed by atoms with Gasteiger partial charge in [0.25, 0.3) is 0 Å². The van der Waals surface area contributed by atoms with E-state index >= 15 is 0 Å². The average molecular weight is 267 g/mol. The lowest BCUT2D eigenvalue weighted by molar-refractivity contribution is 0.412. The predicted molar refractivity (Wildman–Crippen MR) is 78.9 cm³/mol. The number of hydrogen-bond donors (Lipinski definition) is 2. The first kappa shape index (κ1) is 16.4. The van der Waals surface area contributed by atoms with Crippen LogP contribution in [-0.2, 0) is 7.05 Å². The minimum Gasteiger partial charge on any atom is -0.513 e. The number of aromatic nitrogens is 3. The van der Waals surface area contributed by atoms with Crippen LogP contribution in [0.1, 0.15) is 33.0 Å². The summed E-state index contributed by atoms with van der Waals surface area (Å²) in [5, 5.41) is 15.2. The highest BCUT2D eigenvalue weighted by Crippen LogP contribution is 2.09. The lowest BCUT2D eigenvalue weighted by Gasteiger charge is -1.97. The summed E-state index contributed by atoms with van der Waals surface area (Å²) in [4.78, 5) is 0. The number of rotatable bonds is 3. The van der Waals surface area contributed by atoms with Crippen LogP contribution in [0.4, 0.5) is 0 Å². The second-order valence-corrected chi connectivity index (χ2v) is 4.14. The molecule has 1 heterocycles. The maximum Gasteiger partial charge on any atom is 0.195 e. The lowest BCUT2D eigenvalue weighted by Crippen LogP contribution is -1.94. The molecule has 0 amide bonds. The Labute approximate surface area is 113 Å². The summed E-state index contributed by atoms with van der Waals surface area (Å²) >= 11 is 4.97. The standard InChI is InChI=1S/C8H11N3S.C5H10O/c1-4-5-6(2)7-9-10-8(12)11(7)3;1-3-4-5(2)6/h4-5H,1H2,2-3H3,(H,10,12);4,6H,3H2,1-2H3/b6-5+;5-4+. The molecule has 4 nitrogen and oxygen atoms in total. The summed E-state index contributed by atoms with van der Waals surface area (Å²) in [6.45, 7) is 9.23. The summed E-state index contributed by atoms with van der Waals surface area (Å²) in [6, 6.07) is 0. The van der Waals surface area contributed by atoms with E-state index in [0.717, 1.165) is 17.8 Å². The van der Waals surface area contributed by atoms with Gasteiger partial charge in [-0.05, 0) is 44.1 Å². The molecule has 1 rings (SSSR count). The Kier molecular flexibility index (Phi) is 7.71. The molecule has 0 aliphatic rings. The van der Waals surface area contributed by atoms with Gasteiger partial charge in [0.1, 0.15) is 0 Å². The summed E-state index contributed by atoms with van der Waals surface area (Å²) in [6.07, 6.45) is 6.31. The third kappa shape index (κ3) is 5.63. The molecule has 0 unspecified atom stereocenters. The zero-order valence-corrected chi connectivity index (χ0v) is 12.2. The van der Waals surface area contributed by atoms with Gasteiger partial charge in [0, 0.05) is 7.05 Å². The molecule has 0 spiro atoms. The van der Waals surface area contributed by atoms with Crippen molar-refractivity contribution in [3.8, 4) is 0 Å². The maximum atomic E-state index is 8.41. The van der Waals surface area contributed by atoms with Gasteiger partial charge in [0.2, 0.25) is 0 Å². The minimum absolute atomic E-state index is 0.414. The van der Waals surface area contributed by atoms with Crippen LogP contribution >= 0.6 is 12.2 Å². The summed E-state index contributed by atoms with van der Waals surface area (Å²) < 4.78 is 2.45. The Hall–Kier alpha value is -1.62. The van der Waals surface area contributed by atoms with Gasteiger partial charge in [0.15, 0.2) is 10.6 Å². The topological polar surface area (TPSA) is 53.8 Å². The van der Waals surface area contributed by atoms with Gasteiger partial charge in [0.05, 0.1) is 5.76 Å². The fourth-order valence-electron chi connectivity index (χ4n) is 1.25. The van der Waals surface area contributed by atoms with Crippen molar-refractivity contribution in [1.82, 2.24) is 14.8 Å². The van der Waals surface area contributed by atoms with Crippen LogP contribution in [0.15, 0.2) is 30.6 Å². The van der Waals surface area contributed by atoms with Crippen molar-refractivity contribution >= 4 is 17.8 Å². The monoisotopic (exact) mass is 267 g/mol. The van der Waals surface area contributed by atoms with Crippen LogP contribution < -0.4 is 0 Å². The summed E-state index contributed by atoms with van der Waals surface area (Å²) in [7, 11) is 1.88. The van der Waals surface area contributed by atoms with E-state index in [0.29, 0.717) is 10.5 Å². The van der Waals surface area contributed by atoms with Crippen LogP contribution in [0, 0.1) is 4.77 Å². The molecule has 1 aromatic heterocycles. The fourth-order valence-corrected chi connectivity index (χ4v) is 1.38. The largest absolute Gasteiger partial charge is 0.513 e. The Morgan fingerprint density at radius 2 is 2.17 bits per heavy atom. The fraction of sp³-hybridized carbons (Fsp3) is 0.385. The van der Waals surface area contributed by atoms with Crippen molar-refractivity contribution in [2.24, 2.45) is 7.05 Å². The van der Waals surface area contributed by atoms with Crippen LogP contribution in [0.5, 0.6) is 0 Å². The molecule has 0 aliphatic carbocycles. The Bertz CT molecular complexity index is 491. The smallest absolute Gasteiger partial charge is 0.195 e. The van der Waals surface area contributed by atoms with E-state index in [1.807, 2.05) is 31.5 Å². The van der Waals surface area contributed by atoms with Crippen molar-refractivity contribution in [2.75, 3.05) is 0 Å². The third-order valence-electron chi connectivity index (χ3n) is 2.10. The van der Waals surface area contributed by atoms with Gasteiger partial charge in [-0.15, -0.1) is 0 Å². The van der Waals surface area contributed by atoms with Crippen LogP contribution in [0.25, 0.3) is 5.57 Å². The third-order valence-corrected chi connectivity index (χ3v) is 2.47. The van der Waals surface area contributed by atoms with Gasteiger partial charge in [-0.2, -0.15) is 5.10 Å². The van der Waals surface area contributed by atoms with E-state index in [4.69, 9.17) is 17.3 Å². The van der Waals surface area contributed by atoms with E-state index in [1.54, 1.807) is 19.1 Å². The Morgan fingerprint density at radius 3 is 2.44 bits per heavy atom. The molecule has 0 saturated carbocycles. The molecule has 0 aliphatic heterocycles. The van der Waals surface area contributed by atoms with Gasteiger partial charge < -0.3 is 9.67 Å². The van der Waals surface area contributed by atoms with Crippen molar-refractivity contribution in [3.05, 3.63) is 41.2 Å². The number of allylic oxidation sites excluding steroid dienone is 5. The second kappa shape index (κ2) is 8.47. The first-order valence-corrected chi connectivity index (χ1v) is 6.11. The normalized spacial score (nSPS) is 11.8. The number of aliphatic hydroxyl groups excluding tert-OH is 1. The number of aromatic amines is 1. The highest BCUT2D eigenvalue weighted by molar-refractivity contribution is 7.71. The van der Waals surface area contributed by atoms with Gasteiger partial charge in [-0.1, -0.05) is 25.7 Å². The SMILES string of the molecule is C=C/C=C(\C)c1n[nH]c(=S)n1C.CC/C=C(\C)O. The number of H-pyrrole nitrogens is 1. The lowest BCUT2D eigenvalue weighted by atomic mass is 10.2. The highest BCUT2D eigenvalue weighted by Gasteiger charge is 2.01. The molecule has 0 bridgehead atoms. The molecule has 1 aromatic rings. The Balaban J connectivity index is 0.000000411. The molecule has 0 saturated heterocycles. The van der Waals surface area contributed by atoms with Gasteiger partial charge in [-0.25, -0.2) is 0 Å². The van der Waals surface area contributed by atoms with E-state index in [9.17, 15) is 0 Å². The molecule has 18 heavy (non-hydrogen) atoms. The van der Waals surface area contributed by atoms with Crippen molar-refractivity contribution < 1.29 is 5.11 Å². The molecule has 0 radical (unpaired) electrons. The Morgan fingerprint density at radius 1 is 1.56 bits per heavy atom. The van der Waals surface area contributed by atoms with Crippen LogP contribution in [0.2, 0.25) is 0 Å². The zero-order chi connectivity index (χ0) is 14.1. The molecule has 0 atom stereocenters. The second-order valence-electron chi connectivity index (χ2n) is 3.75. The van der Waals surface area contributed by atoms with Crippen molar-refractivity contribution in [3.63, 3.8) is 0 Å². The molecular formula is C13H21N3OS. The molecule has 100 valence electrons. The van der Waals surface area contributed by atoms with Crippen molar-refractivity contribution in [2.45, 2.75) is 27.2 Å². The first-order valence-electron chi connectivity index (χ1n) is 5.70. The molecule has 0 fully saturated rings. The molecular weight excluding hydrogens is 246 g/mol. The molecule has 5 heteroatoms. The van der Waals surface area contributed by atoms with E-state index in [2.05, 4.69) is 16.8 Å². The van der Waals surface area contributed by atoms with Crippen molar-refractivity contribution in [1.29, 1.82) is 0 Å². The van der Waals surface area contributed by atoms with E-state index in [-0.39, 0.29) is 0 Å². The molecule has 2 N–H and O–H groups in total. The van der Waals surface area contributed by atoms with Gasteiger partial charge >= 0.3 is 0 Å². The van der Waals surface area contributed by atoms with Crippen LogP contribution in [0.3, 0.4) is 0 Å². The van der Waals surface area contributed by atoms with E-state index in [1.165, 1.54) is 0 Å². The van der Waals surface area contributed by atoms with Gasteiger partial charge in [-0.3, -0.25) is 5.10 Å². The quantitative estimate of drug-likeness (QED) is 0.496. The minimum atomic E-state index is 0.414. The van der Waals surface area contributed by atoms with E-state index < -0.39 is 0 Å². The van der Waals surface area contributed by atoms with Crippen LogP contribution in [-0.4, -0.2) is 19.9 Å². The zero-order valence-electron chi connectivity index (χ0n) is 11.4. The summed E-state index contributed by atoms with van der Waals surface area (Å²) in [5.41, 5.74) is 1.04. The number of nitrogens with zero attached hydrogens (tertiary/aromatic N) is 2. The highest BCUT2D eigenvalue weighted by atomic mass is 32.1. The summed E-state index contributed by atoms with van der Waals surface area (Å²) in [5.74, 6) is 1.26. The number of aliphatic hydroxyl groups is 1. The number of nitrogens with one attached hydrogen (secondary N) is 1. The maximum absolute atomic E-state index is 8.41.